The molecule has 0 aromatic heterocycles. The molecule has 3 amide bonds. The Bertz CT molecular complexity index is 189. The molecule has 4 heteroatoms. The SMILES string of the molecule is C=CCN[14C](=O)N(C=O)CC=C. The normalized spacial score (nSPS) is 8.33. The summed E-state index contributed by atoms with van der Waals surface area (Å²) >= 11 is 0. The fourth-order valence-corrected chi connectivity index (χ4v) is 0.574. The number of hydrogen-bond acceptors (Lipinski definition) is 2. The Morgan fingerprint density at radius 3 is 2.50 bits per heavy atom. The molecule has 0 bridgehead atoms. The number of hydrogen-bond donors (Lipinski definition) is 1. The fraction of sp³-hybridized carbons (Fsp3) is 0.250. The van der Waals surface area contributed by atoms with Crippen molar-refractivity contribution in [2.45, 2.75) is 0 Å². The largest absolute Gasteiger partial charge is 0.334 e. The lowest BCUT2D eigenvalue weighted by Gasteiger charge is -2.12. The van der Waals surface area contributed by atoms with E-state index in [1.807, 2.05) is 0 Å². The molecule has 0 spiro atoms. The lowest BCUT2D eigenvalue weighted by molar-refractivity contribution is -0.115. The molecule has 0 saturated heterocycles. The Balaban J connectivity index is 3.92. The van der Waals surface area contributed by atoms with E-state index in [1.54, 1.807) is 0 Å². The van der Waals surface area contributed by atoms with Gasteiger partial charge < -0.3 is 5.32 Å². The first kappa shape index (κ1) is 10.4. The molecule has 0 unspecified atom stereocenters. The molecule has 12 heavy (non-hydrogen) atoms. The molecule has 0 radical (unpaired) electrons. The molecule has 0 aliphatic rings. The van der Waals surface area contributed by atoms with Crippen LogP contribution < -0.4 is 5.32 Å². The molecule has 0 aliphatic heterocycles. The van der Waals surface area contributed by atoms with E-state index in [-0.39, 0.29) is 6.54 Å². The Kier molecular flexibility index (Phi) is 5.34. The van der Waals surface area contributed by atoms with Crippen LogP contribution in [0.2, 0.25) is 0 Å². The average Bonchev–Trinajstić information content (AvgIpc) is 2.10. The first-order chi connectivity index (χ1) is 5.76. The predicted octanol–water partition coefficient (Wildman–Crippen LogP) is 0.526. The minimum atomic E-state index is -0.440. The third-order valence-electron chi connectivity index (χ3n) is 1.11. The summed E-state index contributed by atoms with van der Waals surface area (Å²) in [6.45, 7) is 7.39. The second-order valence-electron chi connectivity index (χ2n) is 2.02. The van der Waals surface area contributed by atoms with Crippen molar-refractivity contribution in [3.63, 3.8) is 0 Å². The molecule has 0 atom stereocenters. The number of carbonyl (C=O) groups is 2. The Morgan fingerprint density at radius 1 is 1.42 bits per heavy atom. The molecular weight excluding hydrogens is 158 g/mol. The van der Waals surface area contributed by atoms with Crippen molar-refractivity contribution in [2.75, 3.05) is 13.1 Å². The van der Waals surface area contributed by atoms with Crippen LogP contribution in [0.5, 0.6) is 0 Å². The summed E-state index contributed by atoms with van der Waals surface area (Å²) in [6, 6.07) is -0.440. The van der Waals surface area contributed by atoms with Gasteiger partial charge in [0.15, 0.2) is 0 Å². The molecule has 4 nitrogen and oxygen atoms in total. The van der Waals surface area contributed by atoms with Gasteiger partial charge in [-0.2, -0.15) is 0 Å². The topological polar surface area (TPSA) is 49.4 Å². The zero-order valence-corrected chi connectivity index (χ0v) is 6.82. The number of urea groups is 1. The van der Waals surface area contributed by atoms with Gasteiger partial charge in [-0.3, -0.25) is 9.69 Å². The van der Waals surface area contributed by atoms with E-state index in [4.69, 9.17) is 0 Å². The Hall–Kier alpha value is -1.58. The smallest absolute Gasteiger partial charge is 0.324 e. The van der Waals surface area contributed by atoms with Crippen LogP contribution in [0.3, 0.4) is 0 Å². The summed E-state index contributed by atoms with van der Waals surface area (Å²) in [4.78, 5) is 22.3. The first-order valence-electron chi connectivity index (χ1n) is 3.47. The molecular formula is C8H12N2O2. The summed E-state index contributed by atoms with van der Waals surface area (Å²) in [5, 5.41) is 2.46. The van der Waals surface area contributed by atoms with Gasteiger partial charge >= 0.3 is 6.03 Å². The van der Waals surface area contributed by atoms with E-state index in [0.717, 1.165) is 4.90 Å². The number of imide groups is 1. The van der Waals surface area contributed by atoms with E-state index in [2.05, 4.69) is 18.5 Å². The minimum absolute atomic E-state index is 0.215. The molecule has 1 N–H and O–H groups in total. The van der Waals surface area contributed by atoms with Crippen LogP contribution in [0.15, 0.2) is 25.3 Å². The van der Waals surface area contributed by atoms with Crippen LogP contribution in [0.25, 0.3) is 0 Å². The second kappa shape index (κ2) is 6.15. The van der Waals surface area contributed by atoms with E-state index < -0.39 is 6.03 Å². The van der Waals surface area contributed by atoms with Crippen molar-refractivity contribution >= 4 is 12.4 Å². The van der Waals surface area contributed by atoms with Crippen molar-refractivity contribution in [2.24, 2.45) is 0 Å². The molecule has 0 aliphatic carbocycles. The van der Waals surface area contributed by atoms with Gasteiger partial charge in [0, 0.05) is 13.1 Å². The van der Waals surface area contributed by atoms with Crippen LogP contribution >= 0.6 is 0 Å². The standard InChI is InChI=1S/C8H12N2O2/c1-3-5-9-8(12)10(7-11)6-4-2/h3-4,7H,1-2,5-6H2,(H,9,12)/i8+2. The van der Waals surface area contributed by atoms with Crippen molar-refractivity contribution in [3.8, 4) is 0 Å². The predicted molar refractivity (Wildman–Crippen MR) is 46.6 cm³/mol. The zero-order valence-electron chi connectivity index (χ0n) is 6.82. The Labute approximate surface area is 71.5 Å². The van der Waals surface area contributed by atoms with Crippen molar-refractivity contribution < 1.29 is 9.59 Å². The first-order valence-corrected chi connectivity index (χ1v) is 3.47. The maximum atomic E-state index is 11.0. The van der Waals surface area contributed by atoms with Crippen LogP contribution in [0.1, 0.15) is 0 Å². The molecule has 0 heterocycles. The lowest BCUT2D eigenvalue weighted by atomic mass is 10.6. The number of carbonyl (C=O) groups excluding carboxylic acids is 2. The molecule has 0 rings (SSSR count). The van der Waals surface area contributed by atoms with Gasteiger partial charge in [0.1, 0.15) is 0 Å². The third kappa shape index (κ3) is 3.55. The quantitative estimate of drug-likeness (QED) is 0.483. The number of rotatable bonds is 5. The van der Waals surface area contributed by atoms with E-state index >= 15 is 0 Å². The minimum Gasteiger partial charge on any atom is -0.334 e. The van der Waals surface area contributed by atoms with Gasteiger partial charge in [-0.05, 0) is 0 Å². The van der Waals surface area contributed by atoms with Gasteiger partial charge in [0.25, 0.3) is 0 Å². The average molecular weight is 170 g/mol. The van der Waals surface area contributed by atoms with Crippen LogP contribution in [-0.2, 0) is 4.79 Å². The molecule has 0 fully saturated rings. The lowest BCUT2D eigenvalue weighted by Crippen LogP contribution is -2.39. The molecule has 0 aromatic rings. The van der Waals surface area contributed by atoms with Gasteiger partial charge in [-0.15, -0.1) is 13.2 Å². The highest BCUT2D eigenvalue weighted by Crippen LogP contribution is 1.84. The maximum absolute atomic E-state index is 11.0. The van der Waals surface area contributed by atoms with Gasteiger partial charge in [0.05, 0.1) is 0 Å². The van der Waals surface area contributed by atoms with Gasteiger partial charge in [0.2, 0.25) is 6.41 Å². The van der Waals surface area contributed by atoms with Crippen molar-refractivity contribution in [1.82, 2.24) is 10.2 Å². The molecule has 66 valence electrons. The number of nitrogens with one attached hydrogen (secondary N) is 1. The Morgan fingerprint density at radius 2 is 2.08 bits per heavy atom. The van der Waals surface area contributed by atoms with Gasteiger partial charge in [-0.1, -0.05) is 12.2 Å². The van der Waals surface area contributed by atoms with Crippen molar-refractivity contribution in [1.29, 1.82) is 0 Å². The summed E-state index contributed by atoms with van der Waals surface area (Å²) in [7, 11) is 0. The second-order valence-corrected chi connectivity index (χ2v) is 2.02. The highest BCUT2D eigenvalue weighted by atomic mass is 16.4. The highest BCUT2D eigenvalue weighted by molar-refractivity contribution is 5.84. The summed E-state index contributed by atoms with van der Waals surface area (Å²) in [5.74, 6) is 0. The van der Waals surface area contributed by atoms with Crippen LogP contribution in [0, 0.1) is 0 Å². The summed E-state index contributed by atoms with van der Waals surface area (Å²) < 4.78 is 0. The summed E-state index contributed by atoms with van der Waals surface area (Å²) in [5.41, 5.74) is 0. The fourth-order valence-electron chi connectivity index (χ4n) is 0.574. The van der Waals surface area contributed by atoms with E-state index in [1.165, 1.54) is 12.2 Å². The van der Waals surface area contributed by atoms with Gasteiger partial charge in [-0.25, -0.2) is 4.79 Å². The van der Waals surface area contributed by atoms with Crippen LogP contribution in [0.4, 0.5) is 4.79 Å². The maximum Gasteiger partial charge on any atom is 0.324 e. The van der Waals surface area contributed by atoms with E-state index in [9.17, 15) is 9.59 Å². The molecule has 0 aromatic carbocycles. The zero-order chi connectivity index (χ0) is 9.40. The number of nitrogens with zero attached hydrogens (tertiary/aromatic N) is 1. The molecule has 0 saturated carbocycles. The van der Waals surface area contributed by atoms with E-state index in [0.29, 0.717) is 13.0 Å². The monoisotopic (exact) mass is 170 g/mol. The third-order valence-corrected chi connectivity index (χ3v) is 1.11. The van der Waals surface area contributed by atoms with Crippen molar-refractivity contribution in [3.05, 3.63) is 25.3 Å². The summed E-state index contributed by atoms with van der Waals surface area (Å²) in [6.07, 6.45) is 3.47. The van der Waals surface area contributed by atoms with Crippen LogP contribution in [-0.4, -0.2) is 30.4 Å². The number of amides is 3. The highest BCUT2D eigenvalue weighted by Gasteiger charge is 2.07.